The maximum atomic E-state index is 3.65. The smallest absolute Gasteiger partial charge is 0.00671 e. The Labute approximate surface area is 69.6 Å². The molecule has 11 heavy (non-hydrogen) atoms. The van der Waals surface area contributed by atoms with Crippen molar-refractivity contribution < 1.29 is 0 Å². The molecule has 0 aliphatic heterocycles. The van der Waals surface area contributed by atoms with Crippen molar-refractivity contribution in [3.63, 3.8) is 0 Å². The highest BCUT2D eigenvalue weighted by molar-refractivity contribution is 4.84. The van der Waals surface area contributed by atoms with Gasteiger partial charge in [0.15, 0.2) is 0 Å². The summed E-state index contributed by atoms with van der Waals surface area (Å²) in [6.07, 6.45) is 7.37. The van der Waals surface area contributed by atoms with Crippen molar-refractivity contribution in [1.29, 1.82) is 0 Å². The summed E-state index contributed by atoms with van der Waals surface area (Å²) in [4.78, 5) is 0. The molecule has 64 valence electrons. The molecular weight excluding hydrogens is 134 g/mol. The Hall–Kier alpha value is -0.0400. The van der Waals surface area contributed by atoms with Crippen LogP contribution in [-0.4, -0.2) is 12.6 Å². The van der Waals surface area contributed by atoms with Gasteiger partial charge in [-0.1, -0.05) is 6.42 Å². The highest BCUT2D eigenvalue weighted by Crippen LogP contribution is 2.33. The molecule has 2 fully saturated rings. The molecule has 0 heterocycles. The first-order chi connectivity index (χ1) is 5.36. The van der Waals surface area contributed by atoms with Crippen molar-refractivity contribution in [3.05, 3.63) is 0 Å². The molecule has 0 amide bonds. The molecule has 2 aliphatic rings. The van der Waals surface area contributed by atoms with Crippen LogP contribution in [0.4, 0.5) is 0 Å². The largest absolute Gasteiger partial charge is 0.314 e. The number of hydrogen-bond donors (Lipinski definition) is 1. The normalized spacial score (nSPS) is 28.1. The lowest BCUT2D eigenvalue weighted by molar-refractivity contribution is 0.286. The maximum absolute atomic E-state index is 3.65. The molecule has 2 saturated carbocycles. The summed E-state index contributed by atoms with van der Waals surface area (Å²) in [6, 6.07) is 0.801. The molecule has 1 atom stereocenters. The van der Waals surface area contributed by atoms with Gasteiger partial charge in [0.2, 0.25) is 0 Å². The topological polar surface area (TPSA) is 12.0 Å². The zero-order valence-electron chi connectivity index (χ0n) is 7.47. The predicted octanol–water partition coefficient (Wildman–Crippen LogP) is 2.17. The SMILES string of the molecule is CC(NCC1CCC1)C1CC1. The average Bonchev–Trinajstić information content (AvgIpc) is 2.64. The molecule has 1 unspecified atom stereocenters. The molecule has 0 aromatic rings. The quantitative estimate of drug-likeness (QED) is 0.652. The predicted molar refractivity (Wildman–Crippen MR) is 47.5 cm³/mol. The van der Waals surface area contributed by atoms with Crippen LogP contribution in [0.1, 0.15) is 39.0 Å². The van der Waals surface area contributed by atoms with E-state index in [9.17, 15) is 0 Å². The lowest BCUT2D eigenvalue weighted by Crippen LogP contribution is -2.34. The molecule has 0 aromatic heterocycles. The zero-order chi connectivity index (χ0) is 7.68. The van der Waals surface area contributed by atoms with Gasteiger partial charge in [0.1, 0.15) is 0 Å². The monoisotopic (exact) mass is 153 g/mol. The van der Waals surface area contributed by atoms with E-state index in [0.29, 0.717) is 0 Å². The van der Waals surface area contributed by atoms with Crippen LogP contribution in [0.2, 0.25) is 0 Å². The fraction of sp³-hybridized carbons (Fsp3) is 1.00. The first-order valence-electron chi connectivity index (χ1n) is 5.09. The maximum Gasteiger partial charge on any atom is 0.00671 e. The zero-order valence-corrected chi connectivity index (χ0v) is 7.47. The molecular formula is C10H19N. The van der Waals surface area contributed by atoms with Crippen LogP contribution in [-0.2, 0) is 0 Å². The van der Waals surface area contributed by atoms with Crippen molar-refractivity contribution >= 4 is 0 Å². The molecule has 0 spiro atoms. The molecule has 1 heteroatoms. The molecule has 2 rings (SSSR count). The van der Waals surface area contributed by atoms with Crippen molar-refractivity contribution in [2.75, 3.05) is 6.54 Å². The summed E-state index contributed by atoms with van der Waals surface area (Å²) in [5, 5.41) is 3.65. The molecule has 1 N–H and O–H groups in total. The van der Waals surface area contributed by atoms with Gasteiger partial charge < -0.3 is 5.32 Å². The Morgan fingerprint density at radius 3 is 2.45 bits per heavy atom. The average molecular weight is 153 g/mol. The molecule has 2 aliphatic carbocycles. The van der Waals surface area contributed by atoms with Crippen LogP contribution in [0.5, 0.6) is 0 Å². The van der Waals surface area contributed by atoms with E-state index in [1.807, 2.05) is 0 Å². The number of rotatable bonds is 4. The summed E-state index contributed by atoms with van der Waals surface area (Å²) < 4.78 is 0. The van der Waals surface area contributed by atoms with E-state index in [1.54, 1.807) is 0 Å². The lowest BCUT2D eigenvalue weighted by Gasteiger charge is -2.27. The first-order valence-corrected chi connectivity index (χ1v) is 5.09. The van der Waals surface area contributed by atoms with Gasteiger partial charge >= 0.3 is 0 Å². The van der Waals surface area contributed by atoms with Gasteiger partial charge in [0.05, 0.1) is 0 Å². The fourth-order valence-corrected chi connectivity index (χ4v) is 1.81. The third kappa shape index (κ3) is 1.96. The highest BCUT2D eigenvalue weighted by atomic mass is 14.9. The second kappa shape index (κ2) is 3.14. The van der Waals surface area contributed by atoms with E-state index in [0.717, 1.165) is 17.9 Å². The molecule has 0 aromatic carbocycles. The molecule has 1 nitrogen and oxygen atoms in total. The van der Waals surface area contributed by atoms with E-state index in [1.165, 1.54) is 38.6 Å². The summed E-state index contributed by atoms with van der Waals surface area (Å²) in [5.74, 6) is 2.05. The Kier molecular flexibility index (Phi) is 2.17. The Morgan fingerprint density at radius 2 is 2.00 bits per heavy atom. The Morgan fingerprint density at radius 1 is 1.27 bits per heavy atom. The third-order valence-corrected chi connectivity index (χ3v) is 3.28. The van der Waals surface area contributed by atoms with E-state index in [4.69, 9.17) is 0 Å². The lowest BCUT2D eigenvalue weighted by atomic mass is 9.85. The summed E-state index contributed by atoms with van der Waals surface area (Å²) in [6.45, 7) is 3.63. The van der Waals surface area contributed by atoms with Crippen molar-refractivity contribution in [3.8, 4) is 0 Å². The van der Waals surface area contributed by atoms with Gasteiger partial charge in [-0.05, 0) is 51.0 Å². The van der Waals surface area contributed by atoms with Crippen LogP contribution in [0, 0.1) is 11.8 Å². The minimum Gasteiger partial charge on any atom is -0.314 e. The van der Waals surface area contributed by atoms with Crippen LogP contribution < -0.4 is 5.32 Å². The third-order valence-electron chi connectivity index (χ3n) is 3.28. The van der Waals surface area contributed by atoms with Gasteiger partial charge in [0, 0.05) is 6.04 Å². The molecule has 0 bridgehead atoms. The first kappa shape index (κ1) is 7.60. The van der Waals surface area contributed by atoms with Gasteiger partial charge in [-0.25, -0.2) is 0 Å². The molecule has 0 radical (unpaired) electrons. The minimum absolute atomic E-state index is 0.801. The molecule has 0 saturated heterocycles. The number of hydrogen-bond acceptors (Lipinski definition) is 1. The van der Waals surface area contributed by atoms with Crippen LogP contribution in [0.15, 0.2) is 0 Å². The van der Waals surface area contributed by atoms with Crippen molar-refractivity contribution in [1.82, 2.24) is 5.32 Å². The second-order valence-electron chi connectivity index (χ2n) is 4.33. The van der Waals surface area contributed by atoms with E-state index in [2.05, 4.69) is 12.2 Å². The van der Waals surface area contributed by atoms with Gasteiger partial charge in [0.25, 0.3) is 0 Å². The second-order valence-corrected chi connectivity index (χ2v) is 4.33. The van der Waals surface area contributed by atoms with Gasteiger partial charge in [-0.2, -0.15) is 0 Å². The Balaban J connectivity index is 1.57. The summed E-state index contributed by atoms with van der Waals surface area (Å²) >= 11 is 0. The van der Waals surface area contributed by atoms with Gasteiger partial charge in [-0.3, -0.25) is 0 Å². The van der Waals surface area contributed by atoms with Crippen LogP contribution in [0.3, 0.4) is 0 Å². The Bertz CT molecular complexity index is 125. The standard InChI is InChI=1S/C10H19N/c1-8(10-5-6-10)11-7-9-3-2-4-9/h8-11H,2-7H2,1H3. The van der Waals surface area contributed by atoms with Gasteiger partial charge in [-0.15, -0.1) is 0 Å². The summed E-state index contributed by atoms with van der Waals surface area (Å²) in [5.41, 5.74) is 0. The van der Waals surface area contributed by atoms with E-state index >= 15 is 0 Å². The van der Waals surface area contributed by atoms with Crippen molar-refractivity contribution in [2.45, 2.75) is 45.1 Å². The van der Waals surface area contributed by atoms with E-state index < -0.39 is 0 Å². The van der Waals surface area contributed by atoms with Crippen molar-refractivity contribution in [2.24, 2.45) is 11.8 Å². The number of nitrogens with one attached hydrogen (secondary N) is 1. The van der Waals surface area contributed by atoms with E-state index in [-0.39, 0.29) is 0 Å². The highest BCUT2D eigenvalue weighted by Gasteiger charge is 2.28. The minimum atomic E-state index is 0.801. The van der Waals surface area contributed by atoms with Crippen LogP contribution in [0.25, 0.3) is 0 Å². The fourth-order valence-electron chi connectivity index (χ4n) is 1.81. The van der Waals surface area contributed by atoms with Crippen LogP contribution >= 0.6 is 0 Å². The summed E-state index contributed by atoms with van der Waals surface area (Å²) in [7, 11) is 0.